The standard InChI is InChI=1S/C20H30Cl2Si.Hf/c1-5-7-9-15-17(21)11-13(3)19(15)23-20-14(4)12-18(22)16(20)10-8-6-2;/h5-12,23H2,1-4H3;. The van der Waals surface area contributed by atoms with Crippen molar-refractivity contribution in [3.63, 3.8) is 0 Å². The van der Waals surface area contributed by atoms with E-state index in [1.165, 1.54) is 48.0 Å². The van der Waals surface area contributed by atoms with E-state index in [9.17, 15) is 0 Å². The Bertz CT molecular complexity index is 545. The Morgan fingerprint density at radius 2 is 1.17 bits per heavy atom. The third-order valence-electron chi connectivity index (χ3n) is 5.17. The molecule has 0 atom stereocenters. The molecule has 0 N–H and O–H groups in total. The van der Waals surface area contributed by atoms with Crippen molar-refractivity contribution in [3.8, 4) is 0 Å². The molecule has 4 heteroatoms. The summed E-state index contributed by atoms with van der Waals surface area (Å²) < 4.78 is 0. The van der Waals surface area contributed by atoms with Crippen LogP contribution in [0.5, 0.6) is 0 Å². The topological polar surface area (TPSA) is 0 Å². The third-order valence-corrected chi connectivity index (χ3v) is 8.66. The summed E-state index contributed by atoms with van der Waals surface area (Å²) in [6, 6.07) is 0. The summed E-state index contributed by atoms with van der Waals surface area (Å²) in [5.41, 5.74) is 6.00. The number of hydrogen-bond donors (Lipinski definition) is 0. The van der Waals surface area contributed by atoms with Gasteiger partial charge in [-0.3, -0.25) is 0 Å². The van der Waals surface area contributed by atoms with Crippen LogP contribution in [0.2, 0.25) is 0 Å². The van der Waals surface area contributed by atoms with Crippen molar-refractivity contribution in [2.24, 2.45) is 0 Å². The predicted molar refractivity (Wildman–Crippen MR) is 108 cm³/mol. The molecule has 0 spiro atoms. The van der Waals surface area contributed by atoms with Crippen molar-refractivity contribution in [2.45, 2.75) is 79.1 Å². The zero-order chi connectivity index (χ0) is 17.0. The van der Waals surface area contributed by atoms with E-state index in [-0.39, 0.29) is 25.8 Å². The summed E-state index contributed by atoms with van der Waals surface area (Å²) in [5, 5.41) is 5.50. The number of unbranched alkanes of at least 4 members (excludes halogenated alkanes) is 2. The molecule has 0 unspecified atom stereocenters. The Morgan fingerprint density at radius 1 is 0.792 bits per heavy atom. The van der Waals surface area contributed by atoms with E-state index in [1.54, 1.807) is 10.4 Å². The molecule has 0 amide bonds. The Balaban J connectivity index is 0.00000288. The summed E-state index contributed by atoms with van der Waals surface area (Å²) in [5.74, 6) is 0. The van der Waals surface area contributed by atoms with Gasteiger partial charge < -0.3 is 0 Å². The van der Waals surface area contributed by atoms with Crippen LogP contribution in [0, 0.1) is 0 Å². The van der Waals surface area contributed by atoms with Gasteiger partial charge in [-0.1, -0.05) is 71.4 Å². The van der Waals surface area contributed by atoms with Gasteiger partial charge in [0.2, 0.25) is 0 Å². The molecule has 0 fully saturated rings. The number of rotatable bonds is 8. The first-order chi connectivity index (χ1) is 11.0. The van der Waals surface area contributed by atoms with Crippen LogP contribution < -0.4 is 0 Å². The van der Waals surface area contributed by atoms with E-state index in [0.717, 1.165) is 35.7 Å². The van der Waals surface area contributed by atoms with E-state index in [0.29, 0.717) is 0 Å². The van der Waals surface area contributed by atoms with Crippen LogP contribution in [-0.2, 0) is 25.8 Å². The molecule has 0 heterocycles. The molecule has 2 aliphatic carbocycles. The molecule has 2 aliphatic rings. The molecule has 0 bridgehead atoms. The molecule has 0 nitrogen and oxygen atoms in total. The summed E-state index contributed by atoms with van der Waals surface area (Å²) in [7, 11) is -0.470. The van der Waals surface area contributed by atoms with E-state index >= 15 is 0 Å². The van der Waals surface area contributed by atoms with Gasteiger partial charge >= 0.3 is 0 Å². The van der Waals surface area contributed by atoms with E-state index in [4.69, 9.17) is 23.2 Å². The van der Waals surface area contributed by atoms with Crippen LogP contribution in [0.25, 0.3) is 0 Å². The fourth-order valence-electron chi connectivity index (χ4n) is 3.71. The van der Waals surface area contributed by atoms with Crippen LogP contribution in [0.1, 0.15) is 79.1 Å². The zero-order valence-corrected chi connectivity index (χ0v) is 22.1. The largest absolute Gasteiger partial charge is 0.0885 e. The van der Waals surface area contributed by atoms with Crippen molar-refractivity contribution < 1.29 is 25.8 Å². The number of hydrogen-bond acceptors (Lipinski definition) is 0. The monoisotopic (exact) mass is 548 g/mol. The maximum atomic E-state index is 6.58. The molecular formula is C20H30Cl2HfSi. The van der Waals surface area contributed by atoms with Crippen molar-refractivity contribution in [1.29, 1.82) is 0 Å². The van der Waals surface area contributed by atoms with Gasteiger partial charge in [0.05, 0.1) is 9.52 Å². The molecule has 132 valence electrons. The van der Waals surface area contributed by atoms with Gasteiger partial charge in [-0.15, -0.1) is 0 Å². The normalized spacial score (nSPS) is 18.2. The maximum absolute atomic E-state index is 6.58. The van der Waals surface area contributed by atoms with Crippen LogP contribution in [0.15, 0.2) is 42.7 Å². The van der Waals surface area contributed by atoms with Gasteiger partial charge in [0.15, 0.2) is 0 Å². The maximum Gasteiger partial charge on any atom is 0.0882 e. The van der Waals surface area contributed by atoms with E-state index < -0.39 is 9.52 Å². The molecule has 24 heavy (non-hydrogen) atoms. The van der Waals surface area contributed by atoms with Gasteiger partial charge in [-0.05, 0) is 50.7 Å². The van der Waals surface area contributed by atoms with Crippen molar-refractivity contribution in [1.82, 2.24) is 0 Å². The number of halogens is 2. The van der Waals surface area contributed by atoms with Crippen molar-refractivity contribution in [3.05, 3.63) is 42.7 Å². The van der Waals surface area contributed by atoms with Gasteiger partial charge in [-0.25, -0.2) is 0 Å². The van der Waals surface area contributed by atoms with Crippen molar-refractivity contribution in [2.75, 3.05) is 0 Å². The molecule has 0 aliphatic heterocycles. The SMILES string of the molecule is CCCCC1=C(Cl)CC(C)=C1[SiH2]C1=C(C)CC(Cl)=C1CCCC.[Hf]. The summed E-state index contributed by atoms with van der Waals surface area (Å²) in [4.78, 5) is 0. The average molecular weight is 548 g/mol. The van der Waals surface area contributed by atoms with Crippen LogP contribution in [-0.4, -0.2) is 9.52 Å². The molecule has 0 aromatic rings. The molecule has 0 saturated heterocycles. The molecule has 0 aromatic carbocycles. The Hall–Kier alpha value is 0.627. The Kier molecular flexibility index (Phi) is 10.1. The first-order valence-electron chi connectivity index (χ1n) is 9.12. The van der Waals surface area contributed by atoms with Crippen LogP contribution in [0.4, 0.5) is 0 Å². The quantitative estimate of drug-likeness (QED) is 0.291. The second-order valence-electron chi connectivity index (χ2n) is 7.02. The van der Waals surface area contributed by atoms with Gasteiger partial charge in [0.1, 0.15) is 0 Å². The minimum absolute atomic E-state index is 0. The van der Waals surface area contributed by atoms with Gasteiger partial charge in [-0.2, -0.15) is 0 Å². The number of allylic oxidation sites excluding steroid dienone is 8. The molecule has 2 rings (SSSR count). The van der Waals surface area contributed by atoms with Crippen LogP contribution >= 0.6 is 23.2 Å². The minimum atomic E-state index is -0.470. The second kappa shape index (κ2) is 10.7. The minimum Gasteiger partial charge on any atom is -0.0885 e. The third kappa shape index (κ3) is 5.31. The van der Waals surface area contributed by atoms with E-state index in [1.807, 2.05) is 0 Å². The van der Waals surface area contributed by atoms with E-state index in [2.05, 4.69) is 27.7 Å². The fourth-order valence-corrected chi connectivity index (χ4v) is 7.16. The second-order valence-corrected chi connectivity index (χ2v) is 9.70. The van der Waals surface area contributed by atoms with Crippen LogP contribution in [0.3, 0.4) is 0 Å². The molecule has 0 radical (unpaired) electrons. The first-order valence-corrected chi connectivity index (χ1v) is 11.3. The fraction of sp³-hybridized carbons (Fsp3) is 0.600. The van der Waals surface area contributed by atoms with Gasteiger partial charge in [0, 0.05) is 48.7 Å². The Morgan fingerprint density at radius 3 is 1.50 bits per heavy atom. The first kappa shape index (κ1) is 22.7. The molecule has 0 saturated carbocycles. The Labute approximate surface area is 179 Å². The average Bonchev–Trinajstić information content (AvgIpc) is 2.92. The summed E-state index contributed by atoms with van der Waals surface area (Å²) >= 11 is 13.2. The van der Waals surface area contributed by atoms with Crippen molar-refractivity contribution >= 4 is 32.7 Å². The summed E-state index contributed by atoms with van der Waals surface area (Å²) in [6.45, 7) is 9.08. The molecule has 0 aromatic heterocycles. The molecular weight excluding hydrogens is 518 g/mol. The smallest absolute Gasteiger partial charge is 0.0882 e. The zero-order valence-electron chi connectivity index (χ0n) is 15.6. The van der Waals surface area contributed by atoms with Gasteiger partial charge in [0.25, 0.3) is 0 Å². The predicted octanol–water partition coefficient (Wildman–Crippen LogP) is 6.87. The summed E-state index contributed by atoms with van der Waals surface area (Å²) in [6.07, 6.45) is 9.23.